The van der Waals surface area contributed by atoms with E-state index in [0.29, 0.717) is 24.9 Å². The van der Waals surface area contributed by atoms with Crippen molar-refractivity contribution in [1.82, 2.24) is 25.1 Å². The molecule has 1 aliphatic heterocycles. The number of nitrogens with one attached hydrogen (secondary N) is 2. The van der Waals surface area contributed by atoms with Crippen LogP contribution in [-0.2, 0) is 28.2 Å². The number of aromatic hydroxyl groups is 1. The van der Waals surface area contributed by atoms with Crippen LogP contribution < -0.4 is 16.2 Å². The number of halogens is 1. The van der Waals surface area contributed by atoms with Gasteiger partial charge in [-0.2, -0.15) is 0 Å². The van der Waals surface area contributed by atoms with Gasteiger partial charge in [0.2, 0.25) is 5.75 Å². The third-order valence-electron chi connectivity index (χ3n) is 6.40. The second kappa shape index (κ2) is 8.88. The van der Waals surface area contributed by atoms with E-state index in [-0.39, 0.29) is 18.3 Å². The molecule has 1 fully saturated rings. The average Bonchev–Trinajstić information content (AvgIpc) is 2.80. The van der Waals surface area contributed by atoms with Gasteiger partial charge >= 0.3 is 11.8 Å². The van der Waals surface area contributed by atoms with Crippen LogP contribution in [0.2, 0.25) is 0 Å². The van der Waals surface area contributed by atoms with Crippen molar-refractivity contribution < 1.29 is 23.9 Å². The first-order valence-corrected chi connectivity index (χ1v) is 11.0. The number of carbonyl (C=O) groups excluding carboxylic acids is 3. The third-order valence-corrected chi connectivity index (χ3v) is 6.40. The largest absolute Gasteiger partial charge is 0.501 e. The lowest BCUT2D eigenvalue weighted by molar-refractivity contribution is -0.146. The van der Waals surface area contributed by atoms with E-state index in [9.17, 15) is 28.7 Å². The molecule has 0 unspecified atom stereocenters. The maximum Gasteiger partial charge on any atom is 0.311 e. The van der Waals surface area contributed by atoms with Crippen LogP contribution in [0.4, 0.5) is 4.39 Å². The summed E-state index contributed by atoms with van der Waals surface area (Å²) in [6.45, 7) is 0.325. The molecule has 11 heteroatoms. The van der Waals surface area contributed by atoms with Crippen LogP contribution in [0, 0.1) is 11.7 Å². The highest BCUT2D eigenvalue weighted by Crippen LogP contribution is 2.43. The fourth-order valence-corrected chi connectivity index (χ4v) is 4.76. The van der Waals surface area contributed by atoms with E-state index in [1.165, 1.54) is 42.9 Å². The van der Waals surface area contributed by atoms with Crippen LogP contribution in [0.3, 0.4) is 0 Å². The maximum atomic E-state index is 13.1. The maximum absolute atomic E-state index is 13.1. The van der Waals surface area contributed by atoms with Gasteiger partial charge in [-0.1, -0.05) is 18.6 Å². The molecular formula is C23H26FN5O5. The van der Waals surface area contributed by atoms with Gasteiger partial charge in [0.05, 0.1) is 5.54 Å². The lowest BCUT2D eigenvalue weighted by atomic mass is 9.72. The van der Waals surface area contributed by atoms with E-state index in [1.807, 2.05) is 0 Å². The van der Waals surface area contributed by atoms with Gasteiger partial charge in [-0.05, 0) is 42.9 Å². The van der Waals surface area contributed by atoms with Gasteiger partial charge in [0, 0.05) is 27.2 Å². The molecule has 2 heterocycles. The molecule has 1 aromatic carbocycles. The van der Waals surface area contributed by atoms with Crippen LogP contribution in [0.5, 0.6) is 5.75 Å². The zero-order valence-electron chi connectivity index (χ0n) is 18.9. The smallest absolute Gasteiger partial charge is 0.311 e. The van der Waals surface area contributed by atoms with Crippen molar-refractivity contribution in [2.75, 3.05) is 14.1 Å². The number of hydrogen-bond acceptors (Lipinski definition) is 6. The molecule has 2 bridgehead atoms. The van der Waals surface area contributed by atoms with Gasteiger partial charge in [-0.15, -0.1) is 0 Å². The Bertz CT molecular complexity index is 1210. The molecule has 34 heavy (non-hydrogen) atoms. The summed E-state index contributed by atoms with van der Waals surface area (Å²) in [6.07, 6.45) is 2.47. The summed E-state index contributed by atoms with van der Waals surface area (Å²) >= 11 is 0. The molecule has 3 N–H and O–H groups in total. The zero-order valence-corrected chi connectivity index (χ0v) is 18.9. The highest BCUT2D eigenvalue weighted by molar-refractivity contribution is 6.35. The summed E-state index contributed by atoms with van der Waals surface area (Å²) in [4.78, 5) is 56.2. The molecular weight excluding hydrogens is 445 g/mol. The predicted octanol–water partition coefficient (Wildman–Crippen LogP) is 0.621. The van der Waals surface area contributed by atoms with Crippen LogP contribution in [0.15, 0.2) is 29.1 Å². The van der Waals surface area contributed by atoms with E-state index >= 15 is 0 Å². The Morgan fingerprint density at radius 2 is 1.97 bits per heavy atom. The number of nitrogens with zero attached hydrogens (tertiary/aromatic N) is 3. The number of hydrogen-bond donors (Lipinski definition) is 3. The number of fused-ring (bicyclic) bond motifs is 4. The minimum Gasteiger partial charge on any atom is -0.501 e. The Hall–Kier alpha value is -3.76. The van der Waals surface area contributed by atoms with Crippen molar-refractivity contribution in [1.29, 1.82) is 0 Å². The summed E-state index contributed by atoms with van der Waals surface area (Å²) in [5, 5.41) is 15.8. The molecule has 3 amide bonds. The molecule has 180 valence electrons. The Balaban J connectivity index is 1.69. The molecule has 10 nitrogen and oxygen atoms in total. The summed E-state index contributed by atoms with van der Waals surface area (Å²) in [5.41, 5.74) is -1.73. The van der Waals surface area contributed by atoms with E-state index < -0.39 is 46.1 Å². The molecule has 0 radical (unpaired) electrons. The van der Waals surface area contributed by atoms with Gasteiger partial charge < -0.3 is 20.6 Å². The molecule has 0 spiro atoms. The number of amides is 3. The average molecular weight is 471 g/mol. The fraction of sp³-hybridized carbons (Fsp3) is 0.435. The summed E-state index contributed by atoms with van der Waals surface area (Å²) in [5.74, 6) is -3.36. The first-order chi connectivity index (χ1) is 16.1. The van der Waals surface area contributed by atoms with Gasteiger partial charge in [0.1, 0.15) is 11.6 Å². The Labute approximate surface area is 194 Å². The standard InChI is InChI=1S/C23H26FN5O5/c1-28(2)21(34)19(32)27-23-9-3-4-14(10-23)12-29-20(33)17(30)16(26-22(23)29)18(31)25-11-13-5-7-15(24)8-6-13/h5-8,14,30H,3-4,9-12H2,1-2H3,(H,25,31)(H,27,32)/t14-,23+/m0/s1. The number of likely N-dealkylation sites (N-methyl/N-ethyl adjacent to an activating group) is 1. The van der Waals surface area contributed by atoms with Crippen LogP contribution in [0.1, 0.15) is 47.6 Å². The van der Waals surface area contributed by atoms with Crippen molar-refractivity contribution in [3.8, 4) is 5.75 Å². The molecule has 2 aromatic rings. The lowest BCUT2D eigenvalue weighted by Crippen LogP contribution is -2.58. The second-order valence-corrected chi connectivity index (χ2v) is 9.06. The highest BCUT2D eigenvalue weighted by atomic mass is 19.1. The first-order valence-electron chi connectivity index (χ1n) is 11.0. The number of carbonyl (C=O) groups is 3. The molecule has 4 rings (SSSR count). The fourth-order valence-electron chi connectivity index (χ4n) is 4.76. The summed E-state index contributed by atoms with van der Waals surface area (Å²) in [6, 6.07) is 5.51. The van der Waals surface area contributed by atoms with E-state index in [2.05, 4.69) is 15.6 Å². The summed E-state index contributed by atoms with van der Waals surface area (Å²) in [7, 11) is 2.92. The Morgan fingerprint density at radius 1 is 1.26 bits per heavy atom. The van der Waals surface area contributed by atoms with Crippen molar-refractivity contribution >= 4 is 17.7 Å². The molecule has 0 saturated heterocycles. The monoisotopic (exact) mass is 471 g/mol. The van der Waals surface area contributed by atoms with Gasteiger partial charge in [0.25, 0.3) is 11.5 Å². The Morgan fingerprint density at radius 3 is 2.65 bits per heavy atom. The minimum atomic E-state index is -1.11. The van der Waals surface area contributed by atoms with Crippen molar-refractivity contribution in [2.45, 2.75) is 44.3 Å². The first kappa shape index (κ1) is 23.4. The van der Waals surface area contributed by atoms with Crippen molar-refractivity contribution in [2.24, 2.45) is 5.92 Å². The normalized spacial score (nSPS) is 20.7. The topological polar surface area (TPSA) is 134 Å². The molecule has 1 aromatic heterocycles. The summed E-state index contributed by atoms with van der Waals surface area (Å²) < 4.78 is 14.4. The van der Waals surface area contributed by atoms with Gasteiger partial charge in [-0.3, -0.25) is 23.7 Å². The lowest BCUT2D eigenvalue weighted by Gasteiger charge is -2.46. The van der Waals surface area contributed by atoms with Gasteiger partial charge in [0.15, 0.2) is 5.69 Å². The molecule has 2 atom stereocenters. The van der Waals surface area contributed by atoms with Gasteiger partial charge in [-0.25, -0.2) is 9.37 Å². The predicted molar refractivity (Wildman–Crippen MR) is 118 cm³/mol. The van der Waals surface area contributed by atoms with Crippen molar-refractivity contribution in [3.63, 3.8) is 0 Å². The third kappa shape index (κ3) is 4.25. The molecule has 1 aliphatic carbocycles. The van der Waals surface area contributed by atoms with E-state index in [0.717, 1.165) is 17.7 Å². The number of benzene rings is 1. The number of aromatic nitrogens is 2. The molecule has 1 saturated carbocycles. The minimum absolute atomic E-state index is 0.0277. The highest BCUT2D eigenvalue weighted by Gasteiger charge is 2.48. The van der Waals surface area contributed by atoms with Crippen LogP contribution >= 0.6 is 0 Å². The second-order valence-electron chi connectivity index (χ2n) is 9.06. The van der Waals surface area contributed by atoms with Crippen molar-refractivity contribution in [3.05, 3.63) is 57.5 Å². The SMILES string of the molecule is CN(C)C(=O)C(=O)N[C@@]12CCC[C@H](Cn3c1nc(C(=O)NCc1ccc(F)cc1)c(O)c3=O)C2. The van der Waals surface area contributed by atoms with E-state index in [4.69, 9.17) is 0 Å². The van der Waals surface area contributed by atoms with Crippen LogP contribution in [-0.4, -0.2) is 51.4 Å². The quantitative estimate of drug-likeness (QED) is 0.560. The Kier molecular flexibility index (Phi) is 6.11. The molecule has 2 aliphatic rings. The van der Waals surface area contributed by atoms with E-state index in [1.54, 1.807) is 0 Å². The zero-order chi connectivity index (χ0) is 24.6. The van der Waals surface area contributed by atoms with Crippen LogP contribution in [0.25, 0.3) is 0 Å². The number of rotatable bonds is 4.